The first-order valence-corrected chi connectivity index (χ1v) is 24.7. The van der Waals surface area contributed by atoms with Crippen LogP contribution in [0.15, 0.2) is 11.3 Å². The molecule has 366 valence electrons. The Morgan fingerprint density at radius 3 is 2.17 bits per heavy atom. The third-order valence-corrected chi connectivity index (χ3v) is 16.3. The fourth-order valence-corrected chi connectivity index (χ4v) is 13.2. The normalized spacial score (nSPS) is 36.9. The van der Waals surface area contributed by atoms with Crippen molar-refractivity contribution in [3.8, 4) is 0 Å². The Labute approximate surface area is 383 Å². The number of aliphatic hydroxyl groups excluding tert-OH is 2. The molecule has 3 unspecified atom stereocenters. The number of methoxy groups -OCH3 is 1. The lowest BCUT2D eigenvalue weighted by atomic mass is 9.38. The molecule has 0 amide bonds. The molecule has 6 fully saturated rings. The number of fused-ring (bicyclic) bond motifs is 2. The van der Waals surface area contributed by atoms with Gasteiger partial charge in [-0.2, -0.15) is 0 Å². The van der Waals surface area contributed by atoms with E-state index in [-0.39, 0.29) is 44.7 Å². The van der Waals surface area contributed by atoms with Crippen LogP contribution in [0.1, 0.15) is 162 Å². The third kappa shape index (κ3) is 9.77. The number of carbonyl (C=O) groups is 5. The second kappa shape index (κ2) is 21.0. The minimum absolute atomic E-state index is 0.0635. The van der Waals surface area contributed by atoms with Crippen LogP contribution >= 0.6 is 0 Å². The number of hydrogen-bond donors (Lipinski definition) is 3. The van der Waals surface area contributed by atoms with Crippen molar-refractivity contribution in [2.75, 3.05) is 26.9 Å². The quantitative estimate of drug-likeness (QED) is 0.0640. The summed E-state index contributed by atoms with van der Waals surface area (Å²) < 4.78 is 46.1. The molecule has 3 N–H and O–H groups in total. The van der Waals surface area contributed by atoms with E-state index >= 15 is 0 Å². The Hall–Kier alpha value is -3.15. The molecule has 16 heteroatoms. The standard InChI is InChI=1S/C49H74O16/c1-5-6-7-8-9-10-11-12-13-14-15-16-18-21-36-59-27-31(62-36)28-60-45(56)65-38-30(2)32-24-34-48-29-61-49(44(55)58-4,42(53)37(52)40(48)46(32,3)25-33(38)50)41(48)39(43(54)63-34)64-35(51)26-47(57)22-19-17-20-23-47/h31-32,34,36-37,39-42,52-53,57H,5-29H2,1-4H3/t31?,32-,34+,36?,37+,39?,40-,41+,42-,46-,48+,49-/m0/s1. The van der Waals surface area contributed by atoms with Crippen LogP contribution in [0.3, 0.4) is 0 Å². The summed E-state index contributed by atoms with van der Waals surface area (Å²) in [6.45, 7) is 5.46. The first-order valence-electron chi connectivity index (χ1n) is 24.7. The molecule has 0 aromatic heterocycles. The van der Waals surface area contributed by atoms with Crippen LogP contribution in [0.2, 0.25) is 0 Å². The van der Waals surface area contributed by atoms with Crippen LogP contribution in [0, 0.1) is 28.6 Å². The van der Waals surface area contributed by atoms with Gasteiger partial charge in [-0.05, 0) is 55.9 Å². The number of rotatable bonds is 21. The molecule has 3 heterocycles. The Morgan fingerprint density at radius 1 is 0.877 bits per heavy atom. The fraction of sp³-hybridized carbons (Fsp3) is 0.857. The van der Waals surface area contributed by atoms with E-state index in [4.69, 9.17) is 37.9 Å². The maximum Gasteiger partial charge on any atom is 0.514 e. The first-order chi connectivity index (χ1) is 31.1. The Balaban J connectivity index is 0.960. The zero-order valence-corrected chi connectivity index (χ0v) is 39.0. The predicted octanol–water partition coefficient (Wildman–Crippen LogP) is 6.45. The molecule has 0 aromatic carbocycles. The van der Waals surface area contributed by atoms with Gasteiger partial charge in [0.15, 0.2) is 17.8 Å². The summed E-state index contributed by atoms with van der Waals surface area (Å²) >= 11 is 0. The van der Waals surface area contributed by atoms with E-state index in [9.17, 15) is 39.3 Å². The second-order valence-electron chi connectivity index (χ2n) is 20.5. The van der Waals surface area contributed by atoms with Crippen molar-refractivity contribution in [1.29, 1.82) is 0 Å². The Bertz CT molecular complexity index is 1760. The molecule has 12 atom stereocenters. The van der Waals surface area contributed by atoms with E-state index in [2.05, 4.69) is 6.92 Å². The van der Waals surface area contributed by atoms with Crippen LogP contribution in [-0.2, 0) is 57.1 Å². The predicted molar refractivity (Wildman–Crippen MR) is 230 cm³/mol. The van der Waals surface area contributed by atoms with Crippen LogP contribution in [0.5, 0.6) is 0 Å². The van der Waals surface area contributed by atoms with Gasteiger partial charge in [0.25, 0.3) is 0 Å². The largest absolute Gasteiger partial charge is 0.514 e. The Morgan fingerprint density at radius 2 is 1.52 bits per heavy atom. The number of esters is 3. The summed E-state index contributed by atoms with van der Waals surface area (Å²) in [5.74, 6) is -6.80. The average Bonchev–Trinajstić information content (AvgIpc) is 3.86. The summed E-state index contributed by atoms with van der Waals surface area (Å²) in [6, 6.07) is 0. The lowest BCUT2D eigenvalue weighted by molar-refractivity contribution is -0.290. The molecule has 7 rings (SSSR count). The lowest BCUT2D eigenvalue weighted by Gasteiger charge is -2.67. The number of Topliss-reactive ketones (excluding diaryl/α,β-unsaturated/α-hetero) is 1. The van der Waals surface area contributed by atoms with Crippen molar-refractivity contribution in [3.05, 3.63) is 11.3 Å². The molecular formula is C49H74O16. The highest BCUT2D eigenvalue weighted by Gasteiger charge is 2.85. The summed E-state index contributed by atoms with van der Waals surface area (Å²) in [6.07, 6.45) is 11.2. The summed E-state index contributed by atoms with van der Waals surface area (Å²) in [5.41, 5.74) is -5.91. The van der Waals surface area contributed by atoms with Crippen molar-refractivity contribution in [2.45, 2.75) is 210 Å². The van der Waals surface area contributed by atoms with Gasteiger partial charge in [-0.15, -0.1) is 0 Å². The van der Waals surface area contributed by atoms with Crippen LogP contribution in [-0.4, -0.2) is 120 Å². The number of ether oxygens (including phenoxy) is 8. The van der Waals surface area contributed by atoms with Gasteiger partial charge in [0, 0.05) is 17.8 Å². The number of allylic oxidation sites excluding steroid dienone is 2. The van der Waals surface area contributed by atoms with E-state index in [1.807, 2.05) is 0 Å². The molecule has 1 spiro atoms. The highest BCUT2D eigenvalue weighted by molar-refractivity contribution is 5.97. The van der Waals surface area contributed by atoms with Gasteiger partial charge in [-0.1, -0.05) is 110 Å². The monoisotopic (exact) mass is 918 g/mol. The van der Waals surface area contributed by atoms with Crippen molar-refractivity contribution < 1.29 is 77.2 Å². The van der Waals surface area contributed by atoms with E-state index in [0.29, 0.717) is 18.4 Å². The fourth-order valence-electron chi connectivity index (χ4n) is 13.2. The maximum atomic E-state index is 14.1. The minimum atomic E-state index is -2.33. The molecule has 65 heavy (non-hydrogen) atoms. The van der Waals surface area contributed by atoms with Crippen LogP contribution in [0.25, 0.3) is 0 Å². The SMILES string of the molecule is CCCCCCCCCCCCCCCC1OCC(COC(=O)OC2=C(C)[C@@H]3C[C@H]4OC(=O)C(OC(=O)CC5(O)CCCCC5)[C@H]5[C@]6(C(=O)OC)OC[C@]45[C@@H]([C@@H](O)[C@@H]6O)[C@@]3(C)CC2=O)O1. The zero-order valence-electron chi connectivity index (χ0n) is 39.0. The maximum absolute atomic E-state index is 14.1. The zero-order chi connectivity index (χ0) is 46.6. The Kier molecular flexibility index (Phi) is 16.1. The van der Waals surface area contributed by atoms with Gasteiger partial charge in [0.1, 0.15) is 24.9 Å². The van der Waals surface area contributed by atoms with Gasteiger partial charge >= 0.3 is 24.1 Å². The van der Waals surface area contributed by atoms with E-state index < -0.39 is 107 Å². The molecule has 2 bridgehead atoms. The smallest absolute Gasteiger partial charge is 0.467 e. The van der Waals surface area contributed by atoms with Crippen molar-refractivity contribution >= 4 is 29.8 Å². The van der Waals surface area contributed by atoms with Gasteiger partial charge in [-0.25, -0.2) is 14.4 Å². The number of unbranched alkanes of at least 4 members (excludes halogenated alkanes) is 12. The van der Waals surface area contributed by atoms with Crippen molar-refractivity contribution in [3.63, 3.8) is 0 Å². The average molecular weight is 919 g/mol. The lowest BCUT2D eigenvalue weighted by Crippen LogP contribution is -2.79. The van der Waals surface area contributed by atoms with Gasteiger partial charge < -0.3 is 53.2 Å². The molecule has 3 saturated heterocycles. The summed E-state index contributed by atoms with van der Waals surface area (Å²) in [4.78, 5) is 68.7. The number of aliphatic hydroxyl groups is 3. The molecular weight excluding hydrogens is 845 g/mol. The van der Waals surface area contributed by atoms with E-state index in [1.54, 1.807) is 13.8 Å². The molecule has 4 aliphatic carbocycles. The van der Waals surface area contributed by atoms with Gasteiger partial charge in [0.05, 0.1) is 44.4 Å². The van der Waals surface area contributed by atoms with Crippen LogP contribution in [0.4, 0.5) is 4.79 Å². The molecule has 3 saturated carbocycles. The van der Waals surface area contributed by atoms with Gasteiger partial charge in [0.2, 0.25) is 11.7 Å². The highest BCUT2D eigenvalue weighted by Crippen LogP contribution is 2.73. The minimum Gasteiger partial charge on any atom is -0.467 e. The summed E-state index contributed by atoms with van der Waals surface area (Å²) in [5, 5.41) is 35.3. The molecule has 3 aliphatic heterocycles. The first kappa shape index (κ1) is 49.7. The molecule has 0 radical (unpaired) electrons. The summed E-state index contributed by atoms with van der Waals surface area (Å²) in [7, 11) is 1.08. The topological polar surface area (TPSA) is 220 Å². The number of hydrogen-bond acceptors (Lipinski definition) is 16. The van der Waals surface area contributed by atoms with Crippen molar-refractivity contribution in [1.82, 2.24) is 0 Å². The highest BCUT2D eigenvalue weighted by atomic mass is 16.8. The van der Waals surface area contributed by atoms with E-state index in [0.717, 1.165) is 45.6 Å². The van der Waals surface area contributed by atoms with Gasteiger partial charge in [-0.3, -0.25) is 9.59 Å². The number of ketones is 1. The van der Waals surface area contributed by atoms with Crippen LogP contribution < -0.4 is 0 Å². The number of carbonyl (C=O) groups excluding carboxylic acids is 5. The van der Waals surface area contributed by atoms with Crippen molar-refractivity contribution in [2.24, 2.45) is 28.6 Å². The molecule has 0 aromatic rings. The molecule has 16 nitrogen and oxygen atoms in total. The second-order valence-corrected chi connectivity index (χ2v) is 20.5. The van der Waals surface area contributed by atoms with E-state index in [1.165, 1.54) is 70.6 Å². The molecule has 7 aliphatic rings. The third-order valence-electron chi connectivity index (χ3n) is 16.3.